The zero-order valence-electron chi connectivity index (χ0n) is 17.7. The molecule has 28 heavy (non-hydrogen) atoms. The van der Waals surface area contributed by atoms with Gasteiger partial charge >= 0.3 is 6.09 Å². The van der Waals surface area contributed by atoms with E-state index in [-0.39, 0.29) is 12.1 Å². The number of benzene rings is 1. The molecule has 6 heteroatoms. The van der Waals surface area contributed by atoms with Crippen LogP contribution in [0.3, 0.4) is 0 Å². The van der Waals surface area contributed by atoms with Crippen LogP contribution in [0.15, 0.2) is 12.1 Å². The summed E-state index contributed by atoms with van der Waals surface area (Å²) < 4.78 is 5.37. The number of ether oxygens (including phenoxy) is 1. The first kappa shape index (κ1) is 22.5. The number of carbonyl (C=O) groups excluding carboxylic acids is 2. The highest BCUT2D eigenvalue weighted by molar-refractivity contribution is 6.31. The molecule has 1 aromatic rings. The van der Waals surface area contributed by atoms with Crippen LogP contribution in [0.5, 0.6) is 0 Å². The van der Waals surface area contributed by atoms with E-state index < -0.39 is 5.60 Å². The number of nitrogens with one attached hydrogen (secondary N) is 1. The standard InChI is InChI=1S/C22H33ClN2O3/c1-6-19-15(14-26)12-16(23)13-20(19)25(7-2)18-10-8-17(9-11-18)24-21(27)28-22(3,4)5/h12-14,17-18H,6-11H2,1-5H3,(H,24,27). The van der Waals surface area contributed by atoms with Gasteiger partial charge in [0.15, 0.2) is 0 Å². The zero-order chi connectivity index (χ0) is 20.9. The Morgan fingerprint density at radius 3 is 2.39 bits per heavy atom. The molecule has 0 saturated heterocycles. The lowest BCUT2D eigenvalue weighted by atomic mass is 9.89. The summed E-state index contributed by atoms with van der Waals surface area (Å²) in [6.07, 6.45) is 5.09. The molecule has 5 nitrogen and oxygen atoms in total. The number of aldehydes is 1. The molecule has 1 saturated carbocycles. The molecule has 0 radical (unpaired) electrons. The van der Waals surface area contributed by atoms with Crippen LogP contribution < -0.4 is 10.2 Å². The van der Waals surface area contributed by atoms with Gasteiger partial charge in [0.25, 0.3) is 0 Å². The van der Waals surface area contributed by atoms with Crippen molar-refractivity contribution in [3.63, 3.8) is 0 Å². The van der Waals surface area contributed by atoms with Crippen LogP contribution in [0.4, 0.5) is 10.5 Å². The molecule has 0 spiro atoms. The van der Waals surface area contributed by atoms with E-state index >= 15 is 0 Å². The molecule has 1 aromatic carbocycles. The Labute approximate surface area is 173 Å². The van der Waals surface area contributed by atoms with Gasteiger partial charge in [0, 0.05) is 34.9 Å². The fourth-order valence-corrected chi connectivity index (χ4v) is 4.24. The van der Waals surface area contributed by atoms with E-state index in [9.17, 15) is 9.59 Å². The van der Waals surface area contributed by atoms with E-state index in [2.05, 4.69) is 24.1 Å². The fraction of sp³-hybridized carbons (Fsp3) is 0.636. The third-order valence-corrected chi connectivity index (χ3v) is 5.43. The summed E-state index contributed by atoms with van der Waals surface area (Å²) in [5, 5.41) is 3.59. The Hall–Kier alpha value is -1.75. The first-order valence-electron chi connectivity index (χ1n) is 10.2. The molecule has 0 bridgehead atoms. The van der Waals surface area contributed by atoms with Crippen molar-refractivity contribution >= 4 is 29.7 Å². The monoisotopic (exact) mass is 408 g/mol. The predicted octanol–water partition coefficient (Wildman–Crippen LogP) is 5.38. The SMILES string of the molecule is CCc1c(C=O)cc(Cl)cc1N(CC)C1CCC(NC(=O)OC(C)(C)C)CC1. The molecule has 0 unspecified atom stereocenters. The molecule has 0 heterocycles. The van der Waals surface area contributed by atoms with Crippen molar-refractivity contribution in [1.82, 2.24) is 5.32 Å². The second-order valence-corrected chi connectivity index (χ2v) is 8.84. The van der Waals surface area contributed by atoms with Crippen LogP contribution in [0.1, 0.15) is 76.2 Å². The summed E-state index contributed by atoms with van der Waals surface area (Å²) in [5.41, 5.74) is 2.29. The number of amides is 1. The van der Waals surface area contributed by atoms with Gasteiger partial charge in [-0.05, 0) is 77.5 Å². The maximum Gasteiger partial charge on any atom is 0.407 e. The van der Waals surface area contributed by atoms with Crippen molar-refractivity contribution in [2.24, 2.45) is 0 Å². The second kappa shape index (κ2) is 9.64. The molecule has 1 N–H and O–H groups in total. The lowest BCUT2D eigenvalue weighted by molar-refractivity contribution is 0.0491. The van der Waals surface area contributed by atoms with Crippen LogP contribution in [0.2, 0.25) is 5.02 Å². The van der Waals surface area contributed by atoms with Crippen LogP contribution in [-0.4, -0.2) is 36.6 Å². The number of hydrogen-bond donors (Lipinski definition) is 1. The molecular weight excluding hydrogens is 376 g/mol. The molecule has 0 aliphatic heterocycles. The summed E-state index contributed by atoms with van der Waals surface area (Å²) in [6.45, 7) is 10.6. The van der Waals surface area contributed by atoms with E-state index in [1.54, 1.807) is 6.07 Å². The number of hydrogen-bond acceptors (Lipinski definition) is 4. The zero-order valence-corrected chi connectivity index (χ0v) is 18.4. The summed E-state index contributed by atoms with van der Waals surface area (Å²) in [4.78, 5) is 25.9. The summed E-state index contributed by atoms with van der Waals surface area (Å²) in [7, 11) is 0. The van der Waals surface area contributed by atoms with Crippen LogP contribution in [0, 0.1) is 0 Å². The predicted molar refractivity (Wildman–Crippen MR) is 115 cm³/mol. The molecule has 1 aliphatic carbocycles. The van der Waals surface area contributed by atoms with Crippen molar-refractivity contribution < 1.29 is 14.3 Å². The number of anilines is 1. The highest BCUT2D eigenvalue weighted by Gasteiger charge is 2.29. The number of halogens is 1. The third-order valence-electron chi connectivity index (χ3n) is 5.21. The minimum atomic E-state index is -0.486. The quantitative estimate of drug-likeness (QED) is 0.642. The van der Waals surface area contributed by atoms with Gasteiger partial charge in [-0.1, -0.05) is 18.5 Å². The summed E-state index contributed by atoms with van der Waals surface area (Å²) in [6, 6.07) is 4.22. The van der Waals surface area contributed by atoms with E-state index in [0.29, 0.717) is 16.6 Å². The average Bonchev–Trinajstić information content (AvgIpc) is 2.61. The number of rotatable bonds is 6. The highest BCUT2D eigenvalue weighted by atomic mass is 35.5. The summed E-state index contributed by atoms with van der Waals surface area (Å²) >= 11 is 6.28. The lowest BCUT2D eigenvalue weighted by Crippen LogP contribution is -2.45. The Balaban J connectivity index is 2.07. The first-order chi connectivity index (χ1) is 13.2. The normalized spacial score (nSPS) is 19.8. The van der Waals surface area contributed by atoms with Gasteiger partial charge in [-0.15, -0.1) is 0 Å². The molecule has 1 amide bonds. The minimum absolute atomic E-state index is 0.139. The molecule has 1 fully saturated rings. The van der Waals surface area contributed by atoms with Gasteiger partial charge in [0.1, 0.15) is 11.9 Å². The van der Waals surface area contributed by atoms with Crippen molar-refractivity contribution in [1.29, 1.82) is 0 Å². The molecule has 2 rings (SSSR count). The van der Waals surface area contributed by atoms with E-state index in [0.717, 1.165) is 56.2 Å². The number of alkyl carbamates (subject to hydrolysis) is 1. The minimum Gasteiger partial charge on any atom is -0.444 e. The fourth-order valence-electron chi connectivity index (χ4n) is 4.02. The lowest BCUT2D eigenvalue weighted by Gasteiger charge is -2.39. The van der Waals surface area contributed by atoms with Crippen molar-refractivity contribution in [3.05, 3.63) is 28.3 Å². The van der Waals surface area contributed by atoms with Gasteiger partial charge in [-0.2, -0.15) is 0 Å². The van der Waals surface area contributed by atoms with Crippen LogP contribution in [0.25, 0.3) is 0 Å². The molecule has 156 valence electrons. The van der Waals surface area contributed by atoms with Gasteiger partial charge in [-0.3, -0.25) is 4.79 Å². The smallest absolute Gasteiger partial charge is 0.407 e. The van der Waals surface area contributed by atoms with Gasteiger partial charge in [-0.25, -0.2) is 4.79 Å². The Kier molecular flexibility index (Phi) is 7.76. The topological polar surface area (TPSA) is 58.6 Å². The maximum atomic E-state index is 12.0. The Bertz CT molecular complexity index is 692. The average molecular weight is 409 g/mol. The van der Waals surface area contributed by atoms with E-state index in [1.807, 2.05) is 26.8 Å². The maximum absolute atomic E-state index is 12.0. The van der Waals surface area contributed by atoms with Gasteiger partial charge in [0.05, 0.1) is 0 Å². The highest BCUT2D eigenvalue weighted by Crippen LogP contribution is 2.33. The molecule has 0 atom stereocenters. The van der Waals surface area contributed by atoms with Crippen molar-refractivity contribution in [2.75, 3.05) is 11.4 Å². The van der Waals surface area contributed by atoms with E-state index in [4.69, 9.17) is 16.3 Å². The molecule has 0 aromatic heterocycles. The Morgan fingerprint density at radius 1 is 1.25 bits per heavy atom. The van der Waals surface area contributed by atoms with Gasteiger partial charge in [0.2, 0.25) is 0 Å². The van der Waals surface area contributed by atoms with Crippen molar-refractivity contribution in [2.45, 2.75) is 84.4 Å². The van der Waals surface area contributed by atoms with Crippen LogP contribution >= 0.6 is 11.6 Å². The Morgan fingerprint density at radius 2 is 1.89 bits per heavy atom. The number of nitrogens with zero attached hydrogens (tertiary/aromatic N) is 1. The number of carbonyl (C=O) groups is 2. The molecule has 1 aliphatic rings. The van der Waals surface area contributed by atoms with Crippen molar-refractivity contribution in [3.8, 4) is 0 Å². The van der Waals surface area contributed by atoms with Gasteiger partial charge < -0.3 is 15.0 Å². The largest absolute Gasteiger partial charge is 0.444 e. The first-order valence-corrected chi connectivity index (χ1v) is 10.6. The van der Waals surface area contributed by atoms with Crippen LogP contribution in [-0.2, 0) is 11.2 Å². The summed E-state index contributed by atoms with van der Waals surface area (Å²) in [5.74, 6) is 0. The second-order valence-electron chi connectivity index (χ2n) is 8.40. The van der Waals surface area contributed by atoms with E-state index in [1.165, 1.54) is 0 Å². The molecular formula is C22H33ClN2O3. The third kappa shape index (κ3) is 5.87.